The largest absolute Gasteiger partial charge is 0.377 e. The van der Waals surface area contributed by atoms with E-state index in [1.54, 1.807) is 6.20 Å². The van der Waals surface area contributed by atoms with Crippen molar-refractivity contribution < 1.29 is 14.3 Å². The lowest BCUT2D eigenvalue weighted by Gasteiger charge is -2.45. The fourth-order valence-electron chi connectivity index (χ4n) is 4.03. The van der Waals surface area contributed by atoms with Gasteiger partial charge in [0.05, 0.1) is 24.3 Å². The minimum Gasteiger partial charge on any atom is -0.377 e. The van der Waals surface area contributed by atoms with Crippen molar-refractivity contribution in [3.8, 4) is 0 Å². The summed E-state index contributed by atoms with van der Waals surface area (Å²) in [6.07, 6.45) is 4.00. The summed E-state index contributed by atoms with van der Waals surface area (Å²) in [7, 11) is 0. The van der Waals surface area contributed by atoms with Crippen LogP contribution in [0.15, 0.2) is 30.5 Å². The van der Waals surface area contributed by atoms with Crippen LogP contribution >= 0.6 is 0 Å². The molecule has 0 radical (unpaired) electrons. The van der Waals surface area contributed by atoms with Crippen LogP contribution in [0.2, 0.25) is 0 Å². The molecule has 2 amide bonds. The average molecular weight is 341 g/mol. The van der Waals surface area contributed by atoms with Crippen molar-refractivity contribution in [2.75, 3.05) is 19.8 Å². The summed E-state index contributed by atoms with van der Waals surface area (Å²) in [5.41, 5.74) is 6.58. The minimum absolute atomic E-state index is 0.0643. The Morgan fingerprint density at radius 1 is 1.32 bits per heavy atom. The highest BCUT2D eigenvalue weighted by Gasteiger charge is 2.49. The lowest BCUT2D eigenvalue weighted by Crippen LogP contribution is -2.59. The van der Waals surface area contributed by atoms with Gasteiger partial charge in [-0.1, -0.05) is 18.2 Å². The number of carbonyl (C=O) groups is 2. The molecular weight excluding hydrogens is 318 g/mol. The number of nitrogens with two attached hydrogens (primary N) is 1. The molecule has 1 saturated heterocycles. The van der Waals surface area contributed by atoms with Crippen LogP contribution in [0.25, 0.3) is 10.9 Å². The number of rotatable bonds is 4. The van der Waals surface area contributed by atoms with Crippen molar-refractivity contribution >= 4 is 22.7 Å². The third kappa shape index (κ3) is 2.70. The first kappa shape index (κ1) is 16.1. The van der Waals surface area contributed by atoms with Crippen molar-refractivity contribution in [2.24, 2.45) is 11.7 Å². The van der Waals surface area contributed by atoms with E-state index in [0.29, 0.717) is 31.2 Å². The quantitative estimate of drug-likeness (QED) is 0.920. The van der Waals surface area contributed by atoms with Crippen LogP contribution in [0.1, 0.15) is 30.1 Å². The zero-order valence-corrected chi connectivity index (χ0v) is 14.4. The monoisotopic (exact) mass is 341 g/mol. The first-order valence-electron chi connectivity index (χ1n) is 8.76. The second kappa shape index (κ2) is 5.88. The second-order valence-corrected chi connectivity index (χ2v) is 7.28. The molecule has 0 spiro atoms. The number of para-hydroxylation sites is 1. The molecule has 1 atom stereocenters. The summed E-state index contributed by atoms with van der Waals surface area (Å²) in [5.74, 6) is 0.116. The number of fused-ring (bicyclic) bond motifs is 1. The maximum atomic E-state index is 13.1. The SMILES string of the molecule is CC1(C2CC2)COCCN1C(=O)Cn1cc(C(N)=O)c2ccccc21. The van der Waals surface area contributed by atoms with E-state index in [1.807, 2.05) is 33.7 Å². The lowest BCUT2D eigenvalue weighted by molar-refractivity contribution is -0.150. The topological polar surface area (TPSA) is 77.6 Å². The Labute approximate surface area is 146 Å². The predicted octanol–water partition coefficient (Wildman–Crippen LogP) is 1.77. The second-order valence-electron chi connectivity index (χ2n) is 7.28. The van der Waals surface area contributed by atoms with Gasteiger partial charge < -0.3 is 19.9 Å². The summed E-state index contributed by atoms with van der Waals surface area (Å²) in [6, 6.07) is 7.54. The molecule has 132 valence electrons. The smallest absolute Gasteiger partial charge is 0.250 e. The Morgan fingerprint density at radius 3 is 2.80 bits per heavy atom. The number of amides is 2. The molecule has 2 N–H and O–H groups in total. The van der Waals surface area contributed by atoms with Gasteiger partial charge in [-0.25, -0.2) is 0 Å². The summed E-state index contributed by atoms with van der Waals surface area (Å²) in [4.78, 5) is 26.8. The number of primary amides is 1. The van der Waals surface area contributed by atoms with Crippen molar-refractivity contribution in [3.63, 3.8) is 0 Å². The molecule has 1 aromatic carbocycles. The number of hydrogen-bond acceptors (Lipinski definition) is 3. The Balaban J connectivity index is 1.64. The van der Waals surface area contributed by atoms with Gasteiger partial charge in [0.25, 0.3) is 5.91 Å². The third-order valence-electron chi connectivity index (χ3n) is 5.59. The Morgan fingerprint density at radius 2 is 2.08 bits per heavy atom. The van der Waals surface area contributed by atoms with Gasteiger partial charge in [0.15, 0.2) is 0 Å². The van der Waals surface area contributed by atoms with E-state index in [-0.39, 0.29) is 18.0 Å². The predicted molar refractivity (Wildman–Crippen MR) is 94.1 cm³/mol. The van der Waals surface area contributed by atoms with Crippen LogP contribution in [0, 0.1) is 5.92 Å². The number of benzene rings is 1. The third-order valence-corrected chi connectivity index (χ3v) is 5.59. The van der Waals surface area contributed by atoms with Gasteiger partial charge in [0.1, 0.15) is 6.54 Å². The first-order chi connectivity index (χ1) is 12.0. The molecule has 2 fully saturated rings. The molecule has 6 nitrogen and oxygen atoms in total. The molecule has 25 heavy (non-hydrogen) atoms. The van der Waals surface area contributed by atoms with Crippen LogP contribution in [0.4, 0.5) is 0 Å². The van der Waals surface area contributed by atoms with Gasteiger partial charge in [-0.15, -0.1) is 0 Å². The normalized spacial score (nSPS) is 23.8. The molecule has 2 aromatic rings. The molecule has 1 aliphatic heterocycles. The van der Waals surface area contributed by atoms with Gasteiger partial charge >= 0.3 is 0 Å². The molecule has 6 heteroatoms. The number of aromatic nitrogens is 1. The van der Waals surface area contributed by atoms with Gasteiger partial charge in [0.2, 0.25) is 5.91 Å². The van der Waals surface area contributed by atoms with E-state index in [2.05, 4.69) is 6.92 Å². The van der Waals surface area contributed by atoms with Crippen LogP contribution in [-0.2, 0) is 16.1 Å². The van der Waals surface area contributed by atoms with Crippen LogP contribution in [-0.4, -0.2) is 46.6 Å². The van der Waals surface area contributed by atoms with E-state index in [1.165, 1.54) is 0 Å². The summed E-state index contributed by atoms with van der Waals surface area (Å²) >= 11 is 0. The molecule has 0 bridgehead atoms. The number of morpholine rings is 1. The van der Waals surface area contributed by atoms with E-state index in [0.717, 1.165) is 23.7 Å². The van der Waals surface area contributed by atoms with Crippen LogP contribution in [0.5, 0.6) is 0 Å². The van der Waals surface area contributed by atoms with E-state index in [4.69, 9.17) is 10.5 Å². The maximum Gasteiger partial charge on any atom is 0.250 e. The Bertz CT molecular complexity index is 840. The highest BCUT2D eigenvalue weighted by molar-refractivity contribution is 6.06. The van der Waals surface area contributed by atoms with Crippen LogP contribution < -0.4 is 5.73 Å². The molecular formula is C19H23N3O3. The fourth-order valence-corrected chi connectivity index (χ4v) is 4.03. The molecule has 1 aliphatic carbocycles. The summed E-state index contributed by atoms with van der Waals surface area (Å²) in [5, 5.41) is 0.787. The molecule has 2 heterocycles. The number of carbonyl (C=O) groups excluding carboxylic acids is 2. The minimum atomic E-state index is -0.475. The van der Waals surface area contributed by atoms with Gasteiger partial charge in [0, 0.05) is 23.6 Å². The van der Waals surface area contributed by atoms with E-state index >= 15 is 0 Å². The molecule has 2 aliphatic rings. The van der Waals surface area contributed by atoms with E-state index in [9.17, 15) is 9.59 Å². The van der Waals surface area contributed by atoms with Crippen molar-refractivity contribution in [1.29, 1.82) is 0 Å². The molecule has 1 saturated carbocycles. The highest BCUT2D eigenvalue weighted by atomic mass is 16.5. The Kier molecular flexibility index (Phi) is 3.80. The highest BCUT2D eigenvalue weighted by Crippen LogP contribution is 2.44. The van der Waals surface area contributed by atoms with Crippen LogP contribution in [0.3, 0.4) is 0 Å². The van der Waals surface area contributed by atoms with Crippen molar-refractivity contribution in [3.05, 3.63) is 36.0 Å². The van der Waals surface area contributed by atoms with Gasteiger partial charge in [-0.05, 0) is 31.7 Å². The molecule has 4 rings (SSSR count). The number of hydrogen-bond donors (Lipinski definition) is 1. The fraction of sp³-hybridized carbons (Fsp3) is 0.474. The van der Waals surface area contributed by atoms with E-state index < -0.39 is 5.91 Å². The zero-order chi connectivity index (χ0) is 17.6. The maximum absolute atomic E-state index is 13.1. The number of ether oxygens (including phenoxy) is 1. The standard InChI is InChI=1S/C19H23N3O3/c1-19(13-6-7-13)12-25-9-8-22(19)17(23)11-21-10-15(18(20)24)14-4-2-3-5-16(14)21/h2-5,10,13H,6-9,11-12H2,1H3,(H2,20,24). The summed E-state index contributed by atoms with van der Waals surface area (Å²) < 4.78 is 7.49. The molecule has 1 aromatic heterocycles. The number of nitrogens with zero attached hydrogens (tertiary/aromatic N) is 2. The average Bonchev–Trinajstić information content (AvgIpc) is 3.39. The van der Waals surface area contributed by atoms with Gasteiger partial charge in [-0.3, -0.25) is 9.59 Å². The van der Waals surface area contributed by atoms with Crippen molar-refractivity contribution in [2.45, 2.75) is 31.8 Å². The van der Waals surface area contributed by atoms with Crippen molar-refractivity contribution in [1.82, 2.24) is 9.47 Å². The Hall–Kier alpha value is -2.34. The van der Waals surface area contributed by atoms with Gasteiger partial charge in [-0.2, -0.15) is 0 Å². The zero-order valence-electron chi connectivity index (χ0n) is 14.4. The molecule has 1 unspecified atom stereocenters. The lowest BCUT2D eigenvalue weighted by atomic mass is 9.93. The first-order valence-corrected chi connectivity index (χ1v) is 8.76. The summed E-state index contributed by atoms with van der Waals surface area (Å²) in [6.45, 7) is 4.13.